The number of benzene rings is 1. The molecule has 0 aliphatic rings. The van der Waals surface area contributed by atoms with E-state index in [1.807, 2.05) is 17.7 Å². The molecular formula is C14H13BrF3NS. The largest absolute Gasteiger partial charge is 0.416 e. The van der Waals surface area contributed by atoms with Crippen molar-refractivity contribution in [2.45, 2.75) is 19.1 Å². The molecule has 0 aliphatic heterocycles. The highest BCUT2D eigenvalue weighted by molar-refractivity contribution is 9.10. The highest BCUT2D eigenvalue weighted by Gasteiger charge is 2.35. The summed E-state index contributed by atoms with van der Waals surface area (Å²) in [6.45, 7) is 2.46. The molecule has 0 amide bonds. The van der Waals surface area contributed by atoms with Crippen LogP contribution in [0.25, 0.3) is 0 Å². The Hall–Kier alpha value is -0.850. The van der Waals surface area contributed by atoms with Crippen molar-refractivity contribution in [2.75, 3.05) is 6.54 Å². The van der Waals surface area contributed by atoms with E-state index in [-0.39, 0.29) is 5.56 Å². The van der Waals surface area contributed by atoms with Gasteiger partial charge in [-0.3, -0.25) is 0 Å². The van der Waals surface area contributed by atoms with Crippen molar-refractivity contribution >= 4 is 27.3 Å². The Morgan fingerprint density at radius 2 is 1.90 bits per heavy atom. The Bertz CT molecular complexity index is 580. The van der Waals surface area contributed by atoms with Crippen LogP contribution < -0.4 is 5.32 Å². The summed E-state index contributed by atoms with van der Waals surface area (Å²) in [5.41, 5.74) is 0.485. The summed E-state index contributed by atoms with van der Waals surface area (Å²) >= 11 is 4.86. The van der Waals surface area contributed by atoms with Gasteiger partial charge in [0.25, 0.3) is 0 Å². The Balaban J connectivity index is 2.54. The minimum Gasteiger partial charge on any atom is -0.306 e. The van der Waals surface area contributed by atoms with Gasteiger partial charge in [-0.25, -0.2) is 0 Å². The molecule has 0 saturated carbocycles. The summed E-state index contributed by atoms with van der Waals surface area (Å²) in [6, 6.07) is 5.23. The molecule has 0 bridgehead atoms. The summed E-state index contributed by atoms with van der Waals surface area (Å²) < 4.78 is 40.3. The number of rotatable bonds is 4. The molecule has 108 valence electrons. The molecule has 6 heteroatoms. The molecule has 2 aromatic rings. The summed E-state index contributed by atoms with van der Waals surface area (Å²) in [4.78, 5) is 0. The van der Waals surface area contributed by atoms with Crippen molar-refractivity contribution < 1.29 is 13.2 Å². The lowest BCUT2D eigenvalue weighted by atomic mass is 9.95. The van der Waals surface area contributed by atoms with Gasteiger partial charge in [0.1, 0.15) is 0 Å². The number of nitrogens with one attached hydrogen (secondary N) is 1. The van der Waals surface area contributed by atoms with Crippen LogP contribution in [0.15, 0.2) is 39.5 Å². The number of thiophene rings is 1. The van der Waals surface area contributed by atoms with Gasteiger partial charge >= 0.3 is 6.18 Å². The van der Waals surface area contributed by atoms with E-state index >= 15 is 0 Å². The lowest BCUT2D eigenvalue weighted by Crippen LogP contribution is -2.24. The zero-order chi connectivity index (χ0) is 14.8. The summed E-state index contributed by atoms with van der Waals surface area (Å²) in [7, 11) is 0. The first-order chi connectivity index (χ1) is 9.45. The van der Waals surface area contributed by atoms with E-state index in [0.717, 1.165) is 16.1 Å². The topological polar surface area (TPSA) is 12.0 Å². The average molecular weight is 364 g/mol. The SMILES string of the molecule is CCNC(c1cscc1Br)c1ccccc1C(F)(F)F. The third kappa shape index (κ3) is 3.24. The fourth-order valence-corrected chi connectivity index (χ4v) is 3.65. The first-order valence-corrected chi connectivity index (χ1v) is 7.79. The molecule has 0 spiro atoms. The zero-order valence-corrected chi connectivity index (χ0v) is 13.1. The van der Waals surface area contributed by atoms with Gasteiger partial charge in [0.15, 0.2) is 0 Å². The van der Waals surface area contributed by atoms with Crippen LogP contribution in [-0.2, 0) is 6.18 Å². The van der Waals surface area contributed by atoms with Crippen molar-refractivity contribution in [1.82, 2.24) is 5.32 Å². The van der Waals surface area contributed by atoms with Crippen molar-refractivity contribution in [1.29, 1.82) is 0 Å². The quantitative estimate of drug-likeness (QED) is 0.784. The van der Waals surface area contributed by atoms with Crippen LogP contribution in [0.1, 0.15) is 29.7 Å². The van der Waals surface area contributed by atoms with Crippen LogP contribution in [0.2, 0.25) is 0 Å². The summed E-state index contributed by atoms with van der Waals surface area (Å²) in [5.74, 6) is 0. The Kier molecular flexibility index (Phi) is 4.88. The van der Waals surface area contributed by atoms with E-state index in [1.165, 1.54) is 23.5 Å². The van der Waals surface area contributed by atoms with Crippen molar-refractivity contribution in [3.8, 4) is 0 Å². The van der Waals surface area contributed by atoms with E-state index in [4.69, 9.17) is 0 Å². The lowest BCUT2D eigenvalue weighted by Gasteiger charge is -2.22. The predicted octanol–water partition coefficient (Wildman–Crippen LogP) is 5.23. The standard InChI is InChI=1S/C14H13BrF3NS/c1-2-19-13(10-7-20-8-12(10)15)9-5-3-4-6-11(9)14(16,17)18/h3-8,13,19H,2H2,1H3. The number of hydrogen-bond donors (Lipinski definition) is 1. The molecule has 1 atom stereocenters. The second-order valence-corrected chi connectivity index (χ2v) is 5.85. The van der Waals surface area contributed by atoms with Crippen LogP contribution in [0.5, 0.6) is 0 Å². The highest BCUT2D eigenvalue weighted by atomic mass is 79.9. The van der Waals surface area contributed by atoms with Gasteiger partial charge in [0.2, 0.25) is 0 Å². The Labute approximate surface area is 128 Å². The van der Waals surface area contributed by atoms with E-state index in [0.29, 0.717) is 6.54 Å². The molecule has 1 unspecified atom stereocenters. The molecule has 1 heterocycles. The fourth-order valence-electron chi connectivity index (χ4n) is 2.10. The van der Waals surface area contributed by atoms with Crippen LogP contribution in [0.4, 0.5) is 13.2 Å². The van der Waals surface area contributed by atoms with Crippen LogP contribution in [-0.4, -0.2) is 6.54 Å². The molecule has 0 radical (unpaired) electrons. The fraction of sp³-hybridized carbons (Fsp3) is 0.286. The predicted molar refractivity (Wildman–Crippen MR) is 79.0 cm³/mol. The van der Waals surface area contributed by atoms with Gasteiger partial charge in [0.05, 0.1) is 11.6 Å². The number of hydrogen-bond acceptors (Lipinski definition) is 2. The van der Waals surface area contributed by atoms with Gasteiger partial charge in [0, 0.05) is 9.85 Å². The van der Waals surface area contributed by atoms with Crippen molar-refractivity contribution in [3.05, 3.63) is 56.2 Å². The zero-order valence-electron chi connectivity index (χ0n) is 10.7. The number of alkyl halides is 3. The maximum Gasteiger partial charge on any atom is 0.416 e. The summed E-state index contributed by atoms with van der Waals surface area (Å²) in [6.07, 6.45) is -4.35. The van der Waals surface area contributed by atoms with Gasteiger partial charge in [-0.2, -0.15) is 24.5 Å². The molecule has 0 fully saturated rings. The molecule has 1 aromatic carbocycles. The Morgan fingerprint density at radius 1 is 1.20 bits per heavy atom. The van der Waals surface area contributed by atoms with E-state index in [9.17, 15) is 13.2 Å². The van der Waals surface area contributed by atoms with Crippen LogP contribution in [0, 0.1) is 0 Å². The maximum absolute atomic E-state index is 13.2. The van der Waals surface area contributed by atoms with Crippen LogP contribution >= 0.6 is 27.3 Å². The number of halogens is 4. The van der Waals surface area contributed by atoms with E-state index < -0.39 is 17.8 Å². The maximum atomic E-state index is 13.2. The third-order valence-corrected chi connectivity index (χ3v) is 4.69. The van der Waals surface area contributed by atoms with Crippen molar-refractivity contribution in [3.63, 3.8) is 0 Å². The average Bonchev–Trinajstić information content (AvgIpc) is 2.81. The van der Waals surface area contributed by atoms with Gasteiger partial charge in [-0.1, -0.05) is 25.1 Å². The molecule has 1 aromatic heterocycles. The monoisotopic (exact) mass is 363 g/mol. The van der Waals surface area contributed by atoms with E-state index in [2.05, 4.69) is 21.2 Å². The first kappa shape index (κ1) is 15.5. The van der Waals surface area contributed by atoms with Gasteiger partial charge < -0.3 is 5.32 Å². The second kappa shape index (κ2) is 6.28. The van der Waals surface area contributed by atoms with Crippen molar-refractivity contribution in [2.24, 2.45) is 0 Å². The van der Waals surface area contributed by atoms with E-state index in [1.54, 1.807) is 6.07 Å². The molecule has 2 rings (SSSR count). The summed E-state index contributed by atoms with van der Waals surface area (Å²) in [5, 5.41) is 6.87. The third-order valence-electron chi connectivity index (χ3n) is 2.94. The normalized spacial score (nSPS) is 13.4. The molecule has 1 N–H and O–H groups in total. The lowest BCUT2D eigenvalue weighted by molar-refractivity contribution is -0.138. The molecule has 1 nitrogen and oxygen atoms in total. The van der Waals surface area contributed by atoms with Crippen LogP contribution in [0.3, 0.4) is 0 Å². The van der Waals surface area contributed by atoms with Gasteiger partial charge in [-0.15, -0.1) is 0 Å². The Morgan fingerprint density at radius 3 is 2.45 bits per heavy atom. The highest BCUT2D eigenvalue weighted by Crippen LogP contribution is 2.38. The molecule has 0 aliphatic carbocycles. The molecule has 20 heavy (non-hydrogen) atoms. The minimum absolute atomic E-state index is 0.251. The first-order valence-electron chi connectivity index (χ1n) is 6.06. The molecular weight excluding hydrogens is 351 g/mol. The smallest absolute Gasteiger partial charge is 0.306 e. The van der Waals surface area contributed by atoms with Gasteiger partial charge in [-0.05, 0) is 45.0 Å². The second-order valence-electron chi connectivity index (χ2n) is 4.25. The molecule has 0 saturated heterocycles. The minimum atomic E-state index is -4.35.